The fourth-order valence-electron chi connectivity index (χ4n) is 1.01. The Hall–Kier alpha value is -0.380. The van der Waals surface area contributed by atoms with Gasteiger partial charge in [-0.2, -0.15) is 0 Å². The quantitative estimate of drug-likeness (QED) is 0.490. The third kappa shape index (κ3) is 1.80. The maximum atomic E-state index is 9.23. The predicted molar refractivity (Wildman–Crippen MR) is 39.9 cm³/mol. The highest BCUT2D eigenvalue weighted by atomic mass is 16.3. The van der Waals surface area contributed by atoms with Crippen molar-refractivity contribution in [2.45, 2.75) is 12.1 Å². The van der Waals surface area contributed by atoms with Crippen molar-refractivity contribution in [1.29, 1.82) is 0 Å². The van der Waals surface area contributed by atoms with Crippen LogP contribution in [0.4, 0.5) is 0 Å². The number of aliphatic hydroxyl groups excluding tert-OH is 1. The molecule has 0 aliphatic carbocycles. The summed E-state index contributed by atoms with van der Waals surface area (Å²) in [5.41, 5.74) is 0. The van der Waals surface area contributed by atoms with Crippen LogP contribution >= 0.6 is 0 Å². The van der Waals surface area contributed by atoms with Crippen LogP contribution in [0.3, 0.4) is 0 Å². The first-order chi connectivity index (χ1) is 4.84. The van der Waals surface area contributed by atoms with Crippen LogP contribution in [0.2, 0.25) is 0 Å². The number of hydrogen-bond donors (Lipinski definition) is 2. The maximum absolute atomic E-state index is 9.23. The molecule has 0 aromatic carbocycles. The summed E-state index contributed by atoms with van der Waals surface area (Å²) in [5.74, 6) is 0. The van der Waals surface area contributed by atoms with E-state index in [-0.39, 0.29) is 6.04 Å². The Morgan fingerprint density at radius 3 is 3.10 bits per heavy atom. The van der Waals surface area contributed by atoms with Gasteiger partial charge in [0.1, 0.15) is 0 Å². The molecule has 0 spiro atoms. The lowest BCUT2D eigenvalue weighted by molar-refractivity contribution is 0.159. The second-order valence-corrected chi connectivity index (χ2v) is 2.40. The van der Waals surface area contributed by atoms with Crippen molar-refractivity contribution in [3.63, 3.8) is 0 Å². The highest BCUT2D eigenvalue weighted by Crippen LogP contribution is 1.97. The minimum atomic E-state index is -0.479. The van der Waals surface area contributed by atoms with E-state index in [1.165, 1.54) is 6.08 Å². The largest absolute Gasteiger partial charge is 0.387 e. The Balaban J connectivity index is 2.30. The van der Waals surface area contributed by atoms with Gasteiger partial charge in [-0.15, -0.1) is 6.58 Å². The summed E-state index contributed by atoms with van der Waals surface area (Å²) in [6.45, 7) is 6.00. The Labute approximate surface area is 61.1 Å². The topological polar surface area (TPSA) is 46.4 Å². The van der Waals surface area contributed by atoms with Crippen LogP contribution in [0.25, 0.3) is 0 Å². The zero-order valence-electron chi connectivity index (χ0n) is 5.95. The van der Waals surface area contributed by atoms with E-state index in [9.17, 15) is 5.11 Å². The summed E-state index contributed by atoms with van der Waals surface area (Å²) >= 11 is 0. The molecule has 10 heavy (non-hydrogen) atoms. The van der Waals surface area contributed by atoms with Gasteiger partial charge in [0.15, 0.2) is 0 Å². The summed E-state index contributed by atoms with van der Waals surface area (Å²) in [6.07, 6.45) is 1.05. The van der Waals surface area contributed by atoms with Gasteiger partial charge in [-0.25, -0.2) is 5.32 Å². The van der Waals surface area contributed by atoms with Crippen LogP contribution in [-0.4, -0.2) is 36.9 Å². The van der Waals surface area contributed by atoms with Gasteiger partial charge in [0.05, 0.1) is 12.1 Å². The van der Waals surface area contributed by atoms with Gasteiger partial charge >= 0.3 is 0 Å². The highest BCUT2D eigenvalue weighted by Gasteiger charge is 2.18. The molecule has 3 heteroatoms. The Morgan fingerprint density at radius 1 is 1.80 bits per heavy atom. The summed E-state index contributed by atoms with van der Waals surface area (Å²) in [6, 6.07) is 0.0197. The molecule has 1 rings (SSSR count). The van der Waals surface area contributed by atoms with Crippen molar-refractivity contribution in [1.82, 2.24) is 10.6 Å². The van der Waals surface area contributed by atoms with Gasteiger partial charge in [-0.3, -0.25) is 0 Å². The minimum absolute atomic E-state index is 0.0197. The Morgan fingerprint density at radius 2 is 2.60 bits per heavy atom. The van der Waals surface area contributed by atoms with E-state index in [0.717, 1.165) is 19.6 Å². The van der Waals surface area contributed by atoms with E-state index in [1.807, 2.05) is 0 Å². The first kappa shape index (κ1) is 7.72. The fourth-order valence-corrected chi connectivity index (χ4v) is 1.01. The molecule has 1 aliphatic rings. The lowest BCUT2D eigenvalue weighted by Crippen LogP contribution is -2.49. The maximum Gasteiger partial charge on any atom is 0.0900 e. The molecule has 2 N–H and O–H groups in total. The molecule has 0 amide bonds. The van der Waals surface area contributed by atoms with Crippen molar-refractivity contribution < 1.29 is 5.11 Å². The van der Waals surface area contributed by atoms with E-state index in [2.05, 4.69) is 17.2 Å². The molecular formula is C7H13N2O. The highest BCUT2D eigenvalue weighted by molar-refractivity contribution is 4.91. The van der Waals surface area contributed by atoms with Gasteiger partial charge in [0.2, 0.25) is 0 Å². The first-order valence-corrected chi connectivity index (χ1v) is 3.52. The normalized spacial score (nSPS) is 29.5. The lowest BCUT2D eigenvalue weighted by atomic mass is 10.1. The molecule has 57 valence electrons. The van der Waals surface area contributed by atoms with Gasteiger partial charge in [-0.05, 0) is 0 Å². The third-order valence-electron chi connectivity index (χ3n) is 1.64. The molecule has 2 unspecified atom stereocenters. The standard InChI is InChI=1S/C7H13N2O/c1-2-7(10)6-5-8-3-4-9-6/h2,6-8,10H,1,3-5H2. The lowest BCUT2D eigenvalue weighted by Gasteiger charge is -2.24. The molecule has 0 aromatic heterocycles. The van der Waals surface area contributed by atoms with E-state index >= 15 is 0 Å². The number of piperazine rings is 1. The Bertz CT molecular complexity index is 110. The number of nitrogens with one attached hydrogen (secondary N) is 1. The average molecular weight is 141 g/mol. The molecule has 2 atom stereocenters. The smallest absolute Gasteiger partial charge is 0.0900 e. The molecule has 0 bridgehead atoms. The number of nitrogens with zero attached hydrogens (tertiary/aromatic N) is 1. The van der Waals surface area contributed by atoms with Gasteiger partial charge in [0, 0.05) is 19.6 Å². The van der Waals surface area contributed by atoms with Crippen molar-refractivity contribution in [3.8, 4) is 0 Å². The van der Waals surface area contributed by atoms with E-state index < -0.39 is 6.10 Å². The number of aliphatic hydroxyl groups is 1. The van der Waals surface area contributed by atoms with Crippen LogP contribution in [0.15, 0.2) is 12.7 Å². The van der Waals surface area contributed by atoms with Crippen molar-refractivity contribution in [3.05, 3.63) is 12.7 Å². The van der Waals surface area contributed by atoms with Crippen LogP contribution in [0, 0.1) is 0 Å². The van der Waals surface area contributed by atoms with E-state index in [0.29, 0.717) is 0 Å². The minimum Gasteiger partial charge on any atom is -0.387 e. The van der Waals surface area contributed by atoms with Crippen LogP contribution in [0.1, 0.15) is 0 Å². The molecule has 3 nitrogen and oxygen atoms in total. The first-order valence-electron chi connectivity index (χ1n) is 3.52. The van der Waals surface area contributed by atoms with Crippen LogP contribution in [-0.2, 0) is 0 Å². The van der Waals surface area contributed by atoms with Crippen LogP contribution < -0.4 is 10.6 Å². The monoisotopic (exact) mass is 141 g/mol. The number of hydrogen-bond acceptors (Lipinski definition) is 2. The molecule has 0 saturated carbocycles. The van der Waals surface area contributed by atoms with Gasteiger partial charge in [-0.1, -0.05) is 6.08 Å². The SMILES string of the molecule is C=CC(O)C1CNCC[N]1. The summed E-state index contributed by atoms with van der Waals surface area (Å²) in [7, 11) is 0. The number of rotatable bonds is 2. The van der Waals surface area contributed by atoms with Gasteiger partial charge < -0.3 is 10.4 Å². The molecule has 1 radical (unpaired) electrons. The summed E-state index contributed by atoms with van der Waals surface area (Å²) in [4.78, 5) is 0. The molecular weight excluding hydrogens is 128 g/mol. The fraction of sp³-hybridized carbons (Fsp3) is 0.714. The summed E-state index contributed by atoms with van der Waals surface area (Å²) in [5, 5.41) is 16.6. The second kappa shape index (κ2) is 3.71. The molecule has 1 fully saturated rings. The summed E-state index contributed by atoms with van der Waals surface area (Å²) < 4.78 is 0. The third-order valence-corrected chi connectivity index (χ3v) is 1.64. The Kier molecular flexibility index (Phi) is 2.86. The molecule has 1 saturated heterocycles. The van der Waals surface area contributed by atoms with Crippen molar-refractivity contribution in [2.75, 3.05) is 19.6 Å². The van der Waals surface area contributed by atoms with Crippen molar-refractivity contribution >= 4 is 0 Å². The molecule has 0 aromatic rings. The zero-order chi connectivity index (χ0) is 7.40. The van der Waals surface area contributed by atoms with Gasteiger partial charge in [0.25, 0.3) is 0 Å². The van der Waals surface area contributed by atoms with Crippen LogP contribution in [0.5, 0.6) is 0 Å². The predicted octanol–water partition coefficient (Wildman–Crippen LogP) is -0.891. The molecule has 1 heterocycles. The zero-order valence-corrected chi connectivity index (χ0v) is 5.95. The second-order valence-electron chi connectivity index (χ2n) is 2.40. The van der Waals surface area contributed by atoms with Crippen molar-refractivity contribution in [2.24, 2.45) is 0 Å². The molecule has 1 aliphatic heterocycles. The van der Waals surface area contributed by atoms with E-state index in [4.69, 9.17) is 0 Å². The average Bonchev–Trinajstić information content (AvgIpc) is 2.05. The van der Waals surface area contributed by atoms with E-state index in [1.54, 1.807) is 0 Å².